The lowest BCUT2D eigenvalue weighted by molar-refractivity contribution is 0.720. The van der Waals surface area contributed by atoms with Gasteiger partial charge in [-0.1, -0.05) is 23.9 Å². The van der Waals surface area contributed by atoms with E-state index < -0.39 is 0 Å². The Morgan fingerprint density at radius 1 is 1.47 bits per heavy atom. The van der Waals surface area contributed by atoms with Crippen molar-refractivity contribution in [2.45, 2.75) is 26.3 Å². The number of amidine groups is 1. The van der Waals surface area contributed by atoms with Gasteiger partial charge in [-0.25, -0.2) is 0 Å². The van der Waals surface area contributed by atoms with Crippen molar-refractivity contribution in [3.63, 3.8) is 0 Å². The summed E-state index contributed by atoms with van der Waals surface area (Å²) in [6.45, 7) is 4.27. The van der Waals surface area contributed by atoms with E-state index in [1.54, 1.807) is 11.8 Å². The van der Waals surface area contributed by atoms with Gasteiger partial charge in [0.15, 0.2) is 5.17 Å². The maximum atomic E-state index is 4.58. The molecule has 0 aliphatic carbocycles. The summed E-state index contributed by atoms with van der Waals surface area (Å²) in [5, 5.41) is 4.42. The third-order valence-corrected chi connectivity index (χ3v) is 3.30. The van der Waals surface area contributed by atoms with Gasteiger partial charge in [0.25, 0.3) is 0 Å². The maximum absolute atomic E-state index is 4.58. The Hall–Kier alpha value is -0.960. The van der Waals surface area contributed by atoms with Crippen LogP contribution in [-0.4, -0.2) is 17.0 Å². The highest BCUT2D eigenvalue weighted by Gasteiger charge is 2.11. The summed E-state index contributed by atoms with van der Waals surface area (Å²) in [5.41, 5.74) is 2.41. The van der Waals surface area contributed by atoms with Crippen LogP contribution in [-0.2, 0) is 0 Å². The van der Waals surface area contributed by atoms with Crippen molar-refractivity contribution in [2.24, 2.45) is 4.99 Å². The molecule has 1 aromatic rings. The second-order valence-corrected chi connectivity index (χ2v) is 5.00. The normalized spacial score (nSPS) is 20.9. The van der Waals surface area contributed by atoms with Crippen molar-refractivity contribution in [3.8, 4) is 0 Å². The van der Waals surface area contributed by atoms with E-state index in [4.69, 9.17) is 0 Å². The quantitative estimate of drug-likeness (QED) is 0.785. The Bertz CT molecular complexity index is 374. The SMILES string of the molecule is Cc1cccc(NC2=NC(C)CCS2)c1. The highest BCUT2D eigenvalue weighted by molar-refractivity contribution is 8.14. The van der Waals surface area contributed by atoms with Crippen LogP contribution in [0.1, 0.15) is 18.9 Å². The molecule has 80 valence electrons. The summed E-state index contributed by atoms with van der Waals surface area (Å²) in [7, 11) is 0. The second kappa shape index (κ2) is 4.71. The van der Waals surface area contributed by atoms with E-state index in [0.29, 0.717) is 6.04 Å². The molecule has 2 rings (SSSR count). The molecular formula is C12H16N2S. The summed E-state index contributed by atoms with van der Waals surface area (Å²) in [6.07, 6.45) is 1.18. The summed E-state index contributed by atoms with van der Waals surface area (Å²) < 4.78 is 0. The van der Waals surface area contributed by atoms with Gasteiger partial charge in [-0.2, -0.15) is 0 Å². The lowest BCUT2D eigenvalue weighted by Crippen LogP contribution is -2.17. The molecule has 1 atom stereocenters. The fourth-order valence-corrected chi connectivity index (χ4v) is 2.64. The van der Waals surface area contributed by atoms with Crippen molar-refractivity contribution in [2.75, 3.05) is 11.1 Å². The molecule has 1 aliphatic rings. The number of hydrogen-bond acceptors (Lipinski definition) is 3. The fourth-order valence-electron chi connectivity index (χ4n) is 1.54. The monoisotopic (exact) mass is 220 g/mol. The molecule has 0 saturated carbocycles. The van der Waals surface area contributed by atoms with Crippen molar-refractivity contribution in [3.05, 3.63) is 29.8 Å². The molecule has 0 amide bonds. The molecule has 1 aliphatic heterocycles. The molecule has 1 heterocycles. The number of nitrogens with one attached hydrogen (secondary N) is 1. The molecule has 1 unspecified atom stereocenters. The third kappa shape index (κ3) is 2.99. The number of nitrogens with zero attached hydrogens (tertiary/aromatic N) is 1. The van der Waals surface area contributed by atoms with Gasteiger partial charge in [0.1, 0.15) is 0 Å². The zero-order valence-electron chi connectivity index (χ0n) is 9.16. The minimum absolute atomic E-state index is 0.457. The smallest absolute Gasteiger partial charge is 0.161 e. The van der Waals surface area contributed by atoms with Gasteiger partial charge in [-0.3, -0.25) is 4.99 Å². The zero-order chi connectivity index (χ0) is 10.7. The van der Waals surface area contributed by atoms with Crippen LogP contribution in [0.3, 0.4) is 0 Å². The number of aliphatic imine (C=N–C) groups is 1. The average Bonchev–Trinajstić information content (AvgIpc) is 2.17. The first-order valence-electron chi connectivity index (χ1n) is 5.28. The first kappa shape index (κ1) is 10.6. The minimum atomic E-state index is 0.457. The highest BCUT2D eigenvalue weighted by Crippen LogP contribution is 2.19. The molecule has 1 aromatic carbocycles. The van der Waals surface area contributed by atoms with Crippen molar-refractivity contribution < 1.29 is 0 Å². The Morgan fingerprint density at radius 2 is 2.33 bits per heavy atom. The lowest BCUT2D eigenvalue weighted by Gasteiger charge is -2.17. The van der Waals surface area contributed by atoms with Crippen LogP contribution in [0.2, 0.25) is 0 Å². The Labute approximate surface area is 95.2 Å². The first-order chi connectivity index (χ1) is 7.24. The Kier molecular flexibility index (Phi) is 3.31. The molecule has 0 radical (unpaired) electrons. The molecule has 3 heteroatoms. The molecule has 15 heavy (non-hydrogen) atoms. The third-order valence-electron chi connectivity index (χ3n) is 2.38. The van der Waals surface area contributed by atoms with Crippen LogP contribution in [0.15, 0.2) is 29.3 Å². The lowest BCUT2D eigenvalue weighted by atomic mass is 10.2. The molecule has 0 spiro atoms. The number of hydrogen-bond donors (Lipinski definition) is 1. The molecule has 2 nitrogen and oxygen atoms in total. The Balaban J connectivity index is 2.08. The minimum Gasteiger partial charge on any atom is -0.335 e. The van der Waals surface area contributed by atoms with Crippen molar-refractivity contribution in [1.82, 2.24) is 0 Å². The maximum Gasteiger partial charge on any atom is 0.161 e. The van der Waals surface area contributed by atoms with Gasteiger partial charge < -0.3 is 5.32 Å². The summed E-state index contributed by atoms with van der Waals surface area (Å²) >= 11 is 1.81. The largest absolute Gasteiger partial charge is 0.335 e. The predicted octanol–water partition coefficient (Wildman–Crippen LogP) is 3.29. The highest BCUT2D eigenvalue weighted by atomic mass is 32.2. The van der Waals surface area contributed by atoms with Gasteiger partial charge in [0.2, 0.25) is 0 Å². The van der Waals surface area contributed by atoms with Gasteiger partial charge in [-0.15, -0.1) is 0 Å². The van der Waals surface area contributed by atoms with E-state index in [0.717, 1.165) is 10.9 Å². The van der Waals surface area contributed by atoms with E-state index in [2.05, 4.69) is 48.4 Å². The van der Waals surface area contributed by atoms with Gasteiger partial charge in [-0.05, 0) is 38.0 Å². The van der Waals surface area contributed by atoms with Crippen LogP contribution >= 0.6 is 11.8 Å². The molecule has 0 saturated heterocycles. The molecule has 1 N–H and O–H groups in total. The van der Waals surface area contributed by atoms with Crippen molar-refractivity contribution in [1.29, 1.82) is 0 Å². The first-order valence-corrected chi connectivity index (χ1v) is 6.27. The topological polar surface area (TPSA) is 24.4 Å². The van der Waals surface area contributed by atoms with Gasteiger partial charge in [0, 0.05) is 11.4 Å². The molecule has 0 aromatic heterocycles. The van der Waals surface area contributed by atoms with E-state index in [-0.39, 0.29) is 0 Å². The summed E-state index contributed by atoms with van der Waals surface area (Å²) in [4.78, 5) is 4.58. The Morgan fingerprint density at radius 3 is 3.07 bits per heavy atom. The van der Waals surface area contributed by atoms with Crippen LogP contribution < -0.4 is 5.32 Å². The molecular weight excluding hydrogens is 204 g/mol. The number of benzene rings is 1. The fraction of sp³-hybridized carbons (Fsp3) is 0.417. The number of aryl methyl sites for hydroxylation is 1. The van der Waals surface area contributed by atoms with E-state index in [9.17, 15) is 0 Å². The van der Waals surface area contributed by atoms with Crippen LogP contribution in [0.25, 0.3) is 0 Å². The molecule has 0 bridgehead atoms. The van der Waals surface area contributed by atoms with Crippen LogP contribution in [0.4, 0.5) is 5.69 Å². The second-order valence-electron chi connectivity index (χ2n) is 3.91. The van der Waals surface area contributed by atoms with Gasteiger partial charge in [0.05, 0.1) is 6.04 Å². The molecule has 0 fully saturated rings. The van der Waals surface area contributed by atoms with E-state index >= 15 is 0 Å². The van der Waals surface area contributed by atoms with E-state index in [1.807, 2.05) is 0 Å². The average molecular weight is 220 g/mol. The standard InChI is InChI=1S/C12H16N2S/c1-9-4-3-5-11(8-9)14-12-13-10(2)6-7-15-12/h3-5,8,10H,6-7H2,1-2H3,(H,13,14). The summed E-state index contributed by atoms with van der Waals surface area (Å²) in [5.74, 6) is 1.17. The van der Waals surface area contributed by atoms with Crippen LogP contribution in [0.5, 0.6) is 0 Å². The number of anilines is 1. The van der Waals surface area contributed by atoms with Crippen molar-refractivity contribution >= 4 is 22.6 Å². The number of rotatable bonds is 1. The van der Waals surface area contributed by atoms with Gasteiger partial charge >= 0.3 is 0 Å². The zero-order valence-corrected chi connectivity index (χ0v) is 9.97. The predicted molar refractivity (Wildman–Crippen MR) is 68.8 cm³/mol. The van der Waals surface area contributed by atoms with Crippen LogP contribution in [0, 0.1) is 6.92 Å². The number of thioether (sulfide) groups is 1. The van der Waals surface area contributed by atoms with E-state index in [1.165, 1.54) is 17.7 Å². The summed E-state index contributed by atoms with van der Waals surface area (Å²) in [6, 6.07) is 8.84.